The molecule has 2 saturated carbocycles. The highest BCUT2D eigenvalue weighted by molar-refractivity contribution is 5.92. The van der Waals surface area contributed by atoms with Gasteiger partial charge in [-0.05, 0) is 25.2 Å². The van der Waals surface area contributed by atoms with Gasteiger partial charge in [-0.15, -0.1) is 0 Å². The molecule has 2 aliphatic rings. The lowest BCUT2D eigenvalue weighted by Crippen LogP contribution is -2.23. The normalized spacial score (nSPS) is 39.8. The molecule has 0 amide bonds. The third-order valence-corrected chi connectivity index (χ3v) is 3.89. The molecule has 0 heterocycles. The second kappa shape index (κ2) is 3.95. The van der Waals surface area contributed by atoms with Gasteiger partial charge in [0.05, 0.1) is 5.92 Å². The summed E-state index contributed by atoms with van der Waals surface area (Å²) in [5.74, 6) is -0.177. The number of rotatable bonds is 3. The van der Waals surface area contributed by atoms with Crippen LogP contribution in [0.15, 0.2) is 0 Å². The van der Waals surface area contributed by atoms with Gasteiger partial charge in [0.25, 0.3) is 0 Å². The molecule has 1 N–H and O–H groups in total. The molecule has 2 fully saturated rings. The van der Waals surface area contributed by atoms with Crippen LogP contribution < -0.4 is 0 Å². The van der Waals surface area contributed by atoms with Crippen molar-refractivity contribution in [1.82, 2.24) is 0 Å². The Morgan fingerprint density at radius 1 is 1.07 bits per heavy atom. The molecule has 2 atom stereocenters. The number of carbonyl (C=O) groups is 2. The fourth-order valence-corrected chi connectivity index (χ4v) is 2.63. The van der Waals surface area contributed by atoms with Crippen molar-refractivity contribution in [2.75, 3.05) is 0 Å². The Morgan fingerprint density at radius 2 is 1.67 bits per heavy atom. The van der Waals surface area contributed by atoms with Gasteiger partial charge in [-0.25, -0.2) is 0 Å². The average molecular weight is 210 g/mol. The van der Waals surface area contributed by atoms with Gasteiger partial charge >= 0.3 is 5.97 Å². The third kappa shape index (κ3) is 2.21. The number of ketones is 1. The van der Waals surface area contributed by atoms with Gasteiger partial charge < -0.3 is 5.11 Å². The molecule has 0 aliphatic heterocycles. The fourth-order valence-electron chi connectivity index (χ4n) is 2.63. The second-order valence-electron chi connectivity index (χ2n) is 5.15. The smallest absolute Gasteiger partial charge is 0.307 e. The maximum atomic E-state index is 11.9. The number of aliphatic carboxylic acids is 1. The summed E-state index contributed by atoms with van der Waals surface area (Å²) in [6.45, 7) is 2.22. The zero-order valence-corrected chi connectivity index (χ0v) is 9.11. The van der Waals surface area contributed by atoms with Gasteiger partial charge in [0.1, 0.15) is 5.78 Å². The molecular weight excluding hydrogens is 192 g/mol. The summed E-state index contributed by atoms with van der Waals surface area (Å²) in [6, 6.07) is 0. The van der Waals surface area contributed by atoms with Crippen LogP contribution >= 0.6 is 0 Å². The molecule has 15 heavy (non-hydrogen) atoms. The predicted octanol–water partition coefficient (Wildman–Crippen LogP) is 2.10. The van der Waals surface area contributed by atoms with Crippen molar-refractivity contribution in [3.05, 3.63) is 0 Å². The first-order valence-corrected chi connectivity index (χ1v) is 5.86. The van der Waals surface area contributed by atoms with E-state index in [4.69, 9.17) is 5.11 Å². The Bertz CT molecular complexity index is 277. The molecule has 0 aromatic heterocycles. The van der Waals surface area contributed by atoms with E-state index in [0.717, 1.165) is 31.6 Å². The predicted molar refractivity (Wildman–Crippen MR) is 55.4 cm³/mol. The molecule has 0 aromatic carbocycles. The van der Waals surface area contributed by atoms with E-state index in [1.807, 2.05) is 0 Å². The lowest BCUT2D eigenvalue weighted by molar-refractivity contribution is -0.140. The summed E-state index contributed by atoms with van der Waals surface area (Å²) in [7, 11) is 0. The highest BCUT2D eigenvalue weighted by Crippen LogP contribution is 2.43. The first-order valence-electron chi connectivity index (χ1n) is 5.86. The van der Waals surface area contributed by atoms with Crippen molar-refractivity contribution in [2.45, 2.75) is 39.0 Å². The van der Waals surface area contributed by atoms with E-state index in [1.54, 1.807) is 0 Å². The number of Topliss-reactive ketones (excluding diaryl/α,β-unsaturated/α-hetero) is 1. The third-order valence-electron chi connectivity index (χ3n) is 3.89. The van der Waals surface area contributed by atoms with Crippen LogP contribution in [0.4, 0.5) is 0 Å². The molecule has 0 unspecified atom stereocenters. The van der Waals surface area contributed by atoms with Crippen molar-refractivity contribution in [3.8, 4) is 0 Å². The molecule has 0 spiro atoms. The van der Waals surface area contributed by atoms with E-state index in [9.17, 15) is 9.59 Å². The number of carboxylic acid groups (broad SMARTS) is 1. The van der Waals surface area contributed by atoms with Crippen LogP contribution in [-0.4, -0.2) is 16.9 Å². The largest absolute Gasteiger partial charge is 0.481 e. The van der Waals surface area contributed by atoms with Crippen LogP contribution in [0.1, 0.15) is 39.0 Å². The zero-order valence-electron chi connectivity index (χ0n) is 9.11. The van der Waals surface area contributed by atoms with E-state index in [-0.39, 0.29) is 23.5 Å². The summed E-state index contributed by atoms with van der Waals surface area (Å²) in [5.41, 5.74) is 0. The summed E-state index contributed by atoms with van der Waals surface area (Å²) >= 11 is 0. The van der Waals surface area contributed by atoms with E-state index < -0.39 is 5.97 Å². The van der Waals surface area contributed by atoms with Gasteiger partial charge in [0.2, 0.25) is 0 Å². The molecule has 2 aliphatic carbocycles. The van der Waals surface area contributed by atoms with Gasteiger partial charge in [-0.1, -0.05) is 19.8 Å². The first kappa shape index (κ1) is 10.7. The molecular formula is C12H18O3. The zero-order chi connectivity index (χ0) is 11.0. The Hall–Kier alpha value is -0.860. The second-order valence-corrected chi connectivity index (χ2v) is 5.15. The van der Waals surface area contributed by atoms with Crippen molar-refractivity contribution in [1.29, 1.82) is 0 Å². The van der Waals surface area contributed by atoms with E-state index >= 15 is 0 Å². The van der Waals surface area contributed by atoms with Crippen LogP contribution in [0, 0.1) is 23.7 Å². The van der Waals surface area contributed by atoms with Crippen LogP contribution in [0.3, 0.4) is 0 Å². The number of carboxylic acids is 1. The lowest BCUT2D eigenvalue weighted by Gasteiger charge is -2.25. The van der Waals surface area contributed by atoms with Crippen molar-refractivity contribution in [3.63, 3.8) is 0 Å². The van der Waals surface area contributed by atoms with Gasteiger partial charge in [0, 0.05) is 11.8 Å². The van der Waals surface area contributed by atoms with Crippen molar-refractivity contribution < 1.29 is 14.7 Å². The minimum absolute atomic E-state index is 0.152. The van der Waals surface area contributed by atoms with Gasteiger partial charge in [-0.3, -0.25) is 9.59 Å². The van der Waals surface area contributed by atoms with Gasteiger partial charge in [0.15, 0.2) is 0 Å². The number of hydrogen-bond donors (Lipinski definition) is 1. The molecule has 3 heteroatoms. The SMILES string of the molecule is C[C@H]1CC[C@H](C(=O)[C@@H]2C[C@H]2C(=O)O)CC1. The minimum Gasteiger partial charge on any atom is -0.481 e. The quantitative estimate of drug-likeness (QED) is 0.776. The summed E-state index contributed by atoms with van der Waals surface area (Å²) in [4.78, 5) is 22.6. The van der Waals surface area contributed by atoms with Crippen LogP contribution in [0.2, 0.25) is 0 Å². The molecule has 0 bridgehead atoms. The molecule has 0 radical (unpaired) electrons. The minimum atomic E-state index is -0.794. The summed E-state index contributed by atoms with van der Waals surface area (Å²) in [6.07, 6.45) is 4.79. The van der Waals surface area contributed by atoms with Crippen molar-refractivity contribution in [2.24, 2.45) is 23.7 Å². The van der Waals surface area contributed by atoms with E-state index in [0.29, 0.717) is 6.42 Å². The average Bonchev–Trinajstić information content (AvgIpc) is 2.97. The molecule has 0 aromatic rings. The Labute approximate surface area is 89.9 Å². The monoisotopic (exact) mass is 210 g/mol. The Balaban J connectivity index is 1.85. The molecule has 0 saturated heterocycles. The summed E-state index contributed by atoms with van der Waals surface area (Å²) in [5, 5.41) is 8.76. The summed E-state index contributed by atoms with van der Waals surface area (Å²) < 4.78 is 0. The van der Waals surface area contributed by atoms with Crippen LogP contribution in [0.5, 0.6) is 0 Å². The molecule has 3 nitrogen and oxygen atoms in total. The molecule has 2 rings (SSSR count). The highest BCUT2D eigenvalue weighted by Gasteiger charge is 2.49. The number of carbonyl (C=O) groups excluding carboxylic acids is 1. The van der Waals surface area contributed by atoms with Crippen molar-refractivity contribution >= 4 is 11.8 Å². The van der Waals surface area contributed by atoms with E-state index in [2.05, 4.69) is 6.92 Å². The topological polar surface area (TPSA) is 54.4 Å². The first-order chi connectivity index (χ1) is 7.09. The lowest BCUT2D eigenvalue weighted by atomic mass is 9.79. The standard InChI is InChI=1S/C12H18O3/c1-7-2-4-8(5-3-7)11(13)9-6-10(9)12(14)15/h7-10H,2-6H2,1H3,(H,14,15)/t7-,8-,9-,10-/m1/s1. The van der Waals surface area contributed by atoms with Crippen LogP contribution in [-0.2, 0) is 9.59 Å². The Kier molecular flexibility index (Phi) is 2.81. The highest BCUT2D eigenvalue weighted by atomic mass is 16.4. The van der Waals surface area contributed by atoms with Crippen LogP contribution in [0.25, 0.3) is 0 Å². The maximum absolute atomic E-state index is 11.9. The molecule has 84 valence electrons. The van der Waals surface area contributed by atoms with Gasteiger partial charge in [-0.2, -0.15) is 0 Å². The number of hydrogen-bond acceptors (Lipinski definition) is 2. The van der Waals surface area contributed by atoms with E-state index in [1.165, 1.54) is 0 Å². The fraction of sp³-hybridized carbons (Fsp3) is 0.833. The maximum Gasteiger partial charge on any atom is 0.307 e. The Morgan fingerprint density at radius 3 is 2.13 bits per heavy atom.